The molecule has 0 bridgehead atoms. The van der Waals surface area contributed by atoms with Gasteiger partial charge in [-0.05, 0) is 31.5 Å². The number of aryl methyl sites for hydroxylation is 1. The fraction of sp³-hybridized carbons (Fsp3) is 0.333. The highest BCUT2D eigenvalue weighted by Gasteiger charge is 2.27. The number of ether oxygens (including phenoxy) is 4. The largest absolute Gasteiger partial charge is 0.495 e. The van der Waals surface area contributed by atoms with E-state index in [0.717, 1.165) is 0 Å². The van der Waals surface area contributed by atoms with E-state index in [1.54, 1.807) is 13.0 Å². The maximum absolute atomic E-state index is 12.9. The summed E-state index contributed by atoms with van der Waals surface area (Å²) >= 11 is 0. The Hall–Kier alpha value is -3.31. The number of hydrogen-bond donors (Lipinski definition) is 2. The van der Waals surface area contributed by atoms with Gasteiger partial charge in [-0.2, -0.15) is 4.72 Å². The van der Waals surface area contributed by atoms with Gasteiger partial charge < -0.3 is 24.3 Å². The van der Waals surface area contributed by atoms with E-state index in [9.17, 15) is 18.0 Å². The molecule has 1 atom stereocenters. The number of hydrogen-bond acceptors (Lipinski definition) is 8. The van der Waals surface area contributed by atoms with Crippen molar-refractivity contribution < 1.29 is 37.0 Å². The lowest BCUT2D eigenvalue weighted by atomic mass is 10.1. The highest BCUT2D eigenvalue weighted by atomic mass is 32.2. The van der Waals surface area contributed by atoms with Crippen LogP contribution in [-0.4, -0.2) is 54.8 Å². The van der Waals surface area contributed by atoms with Crippen LogP contribution in [0.1, 0.15) is 22.8 Å². The summed E-state index contributed by atoms with van der Waals surface area (Å²) in [5, 5.41) is 2.53. The van der Waals surface area contributed by atoms with Gasteiger partial charge in [0.1, 0.15) is 10.6 Å². The fourth-order valence-electron chi connectivity index (χ4n) is 2.85. The molecule has 0 unspecified atom stereocenters. The molecule has 11 heteroatoms. The number of sulfonamides is 1. The van der Waals surface area contributed by atoms with Gasteiger partial charge in [-0.15, -0.1) is 0 Å². The third kappa shape index (κ3) is 5.48. The number of benzene rings is 2. The Morgan fingerprint density at radius 3 is 2.06 bits per heavy atom. The molecular formula is C21H26N2O8S. The van der Waals surface area contributed by atoms with Crippen LogP contribution in [0.3, 0.4) is 0 Å². The van der Waals surface area contributed by atoms with Crippen molar-refractivity contribution in [1.29, 1.82) is 0 Å². The van der Waals surface area contributed by atoms with E-state index < -0.39 is 27.9 Å². The van der Waals surface area contributed by atoms with Gasteiger partial charge in [0.25, 0.3) is 0 Å². The Morgan fingerprint density at radius 2 is 1.50 bits per heavy atom. The van der Waals surface area contributed by atoms with E-state index in [1.807, 2.05) is 0 Å². The van der Waals surface area contributed by atoms with Crippen LogP contribution in [0.2, 0.25) is 0 Å². The second-order valence-electron chi connectivity index (χ2n) is 6.73. The molecule has 0 aliphatic carbocycles. The third-order valence-electron chi connectivity index (χ3n) is 4.52. The first-order valence-electron chi connectivity index (χ1n) is 9.40. The van der Waals surface area contributed by atoms with Gasteiger partial charge >= 0.3 is 5.97 Å². The second kappa shape index (κ2) is 10.3. The molecule has 0 fully saturated rings. The topological polar surface area (TPSA) is 129 Å². The van der Waals surface area contributed by atoms with E-state index in [0.29, 0.717) is 5.56 Å². The van der Waals surface area contributed by atoms with Crippen LogP contribution in [0, 0.1) is 6.92 Å². The van der Waals surface area contributed by atoms with Crippen LogP contribution in [0.15, 0.2) is 35.2 Å². The van der Waals surface area contributed by atoms with Gasteiger partial charge in [-0.1, -0.05) is 6.07 Å². The molecule has 0 radical (unpaired) electrons. The zero-order valence-corrected chi connectivity index (χ0v) is 19.5. The molecule has 0 aromatic heterocycles. The molecule has 2 N–H and O–H groups in total. The van der Waals surface area contributed by atoms with E-state index >= 15 is 0 Å². The van der Waals surface area contributed by atoms with Gasteiger partial charge in [0.15, 0.2) is 11.5 Å². The van der Waals surface area contributed by atoms with Crippen LogP contribution in [0.4, 0.5) is 5.69 Å². The number of methoxy groups -OCH3 is 4. The molecule has 2 aromatic carbocycles. The van der Waals surface area contributed by atoms with Crippen molar-refractivity contribution in [1.82, 2.24) is 4.72 Å². The molecule has 0 saturated carbocycles. The lowest BCUT2D eigenvalue weighted by molar-refractivity contribution is -0.117. The molecule has 1 amide bonds. The molecule has 0 spiro atoms. The number of anilines is 1. The average Bonchev–Trinajstić information content (AvgIpc) is 2.77. The zero-order chi connectivity index (χ0) is 24.1. The zero-order valence-electron chi connectivity index (χ0n) is 18.6. The van der Waals surface area contributed by atoms with Crippen LogP contribution in [0.25, 0.3) is 0 Å². The number of carbonyl (C=O) groups excluding carboxylic acids is 2. The number of rotatable bonds is 9. The predicted octanol–water partition coefficient (Wildman–Crippen LogP) is 2.11. The first kappa shape index (κ1) is 25.0. The Bertz CT molecular complexity index is 1120. The van der Waals surface area contributed by atoms with Crippen molar-refractivity contribution in [2.45, 2.75) is 24.8 Å². The summed E-state index contributed by atoms with van der Waals surface area (Å²) in [5.74, 6) is -0.778. The van der Waals surface area contributed by atoms with Crippen LogP contribution >= 0.6 is 0 Å². The van der Waals surface area contributed by atoms with Gasteiger partial charge in [0, 0.05) is 12.1 Å². The molecule has 174 valence electrons. The van der Waals surface area contributed by atoms with Crippen molar-refractivity contribution in [3.63, 3.8) is 0 Å². The van der Waals surface area contributed by atoms with Crippen LogP contribution in [0.5, 0.6) is 17.2 Å². The van der Waals surface area contributed by atoms with Crippen LogP contribution < -0.4 is 24.2 Å². The van der Waals surface area contributed by atoms with Gasteiger partial charge in [-0.25, -0.2) is 13.2 Å². The molecule has 0 saturated heterocycles. The quantitative estimate of drug-likeness (QED) is 0.538. The summed E-state index contributed by atoms with van der Waals surface area (Å²) in [4.78, 5) is 24.8. The normalized spacial score (nSPS) is 11.9. The van der Waals surface area contributed by atoms with Crippen molar-refractivity contribution in [2.24, 2.45) is 0 Å². The Kier molecular flexibility index (Phi) is 8.06. The third-order valence-corrected chi connectivity index (χ3v) is 6.08. The maximum atomic E-state index is 12.9. The predicted molar refractivity (Wildman–Crippen MR) is 117 cm³/mol. The van der Waals surface area contributed by atoms with E-state index in [4.69, 9.17) is 18.9 Å². The molecule has 2 rings (SSSR count). The van der Waals surface area contributed by atoms with E-state index in [-0.39, 0.29) is 33.4 Å². The van der Waals surface area contributed by atoms with E-state index in [2.05, 4.69) is 10.0 Å². The molecule has 0 heterocycles. The molecule has 0 aliphatic rings. The minimum atomic E-state index is -4.09. The monoisotopic (exact) mass is 466 g/mol. The molecule has 2 aromatic rings. The maximum Gasteiger partial charge on any atom is 0.340 e. The summed E-state index contributed by atoms with van der Waals surface area (Å²) in [7, 11) is 1.25. The summed E-state index contributed by atoms with van der Waals surface area (Å²) in [6, 6.07) is 6.22. The number of amides is 1. The highest BCUT2D eigenvalue weighted by molar-refractivity contribution is 7.89. The number of esters is 1. The molecule has 32 heavy (non-hydrogen) atoms. The van der Waals surface area contributed by atoms with Gasteiger partial charge in [0.2, 0.25) is 15.9 Å². The molecule has 0 aliphatic heterocycles. The first-order valence-corrected chi connectivity index (χ1v) is 10.9. The number of carbonyl (C=O) groups is 2. The lowest BCUT2D eigenvalue weighted by Crippen LogP contribution is -2.41. The molecule has 10 nitrogen and oxygen atoms in total. The van der Waals surface area contributed by atoms with Gasteiger partial charge in [-0.3, -0.25) is 4.79 Å². The average molecular weight is 467 g/mol. The first-order chi connectivity index (χ1) is 15.1. The standard InChI is InChI=1S/C21H26N2O8S/c1-12-7-8-16(28-3)19(9-12)32(26,27)23-13(2)20(24)22-15-11-18(30-5)17(29-4)10-14(15)21(25)31-6/h7-11,13,23H,1-6H3,(H,22,24)/t13-/m0/s1. The number of nitrogens with one attached hydrogen (secondary N) is 2. The van der Waals surface area contributed by atoms with Crippen molar-refractivity contribution in [2.75, 3.05) is 33.8 Å². The van der Waals surface area contributed by atoms with Crippen LogP contribution in [-0.2, 0) is 19.6 Å². The summed E-state index contributed by atoms with van der Waals surface area (Å²) in [6.07, 6.45) is 0. The fourth-order valence-corrected chi connectivity index (χ4v) is 4.30. The Morgan fingerprint density at radius 1 is 0.906 bits per heavy atom. The molecular weight excluding hydrogens is 440 g/mol. The SMILES string of the molecule is COC(=O)c1cc(OC)c(OC)cc1NC(=O)[C@H](C)NS(=O)(=O)c1cc(C)ccc1OC. The Labute approximate surface area is 186 Å². The summed E-state index contributed by atoms with van der Waals surface area (Å²) < 4.78 is 48.3. The smallest absolute Gasteiger partial charge is 0.340 e. The van der Waals surface area contributed by atoms with Crippen molar-refractivity contribution in [3.8, 4) is 17.2 Å². The van der Waals surface area contributed by atoms with Crippen molar-refractivity contribution in [3.05, 3.63) is 41.5 Å². The second-order valence-corrected chi connectivity index (χ2v) is 8.41. The van der Waals surface area contributed by atoms with E-state index in [1.165, 1.54) is 59.6 Å². The summed E-state index contributed by atoms with van der Waals surface area (Å²) in [5.41, 5.74) is 0.781. The lowest BCUT2D eigenvalue weighted by Gasteiger charge is -2.18. The minimum Gasteiger partial charge on any atom is -0.495 e. The van der Waals surface area contributed by atoms with Crippen molar-refractivity contribution >= 4 is 27.6 Å². The Balaban J connectivity index is 2.33. The summed E-state index contributed by atoms with van der Waals surface area (Å²) in [6.45, 7) is 3.10. The van der Waals surface area contributed by atoms with Gasteiger partial charge in [0.05, 0.1) is 45.7 Å². The minimum absolute atomic E-state index is 0.00825. The highest BCUT2D eigenvalue weighted by Crippen LogP contribution is 2.34.